The number of nitrogens with one attached hydrogen (secondary N) is 1. The van der Waals surface area contributed by atoms with Gasteiger partial charge >= 0.3 is 6.18 Å². The highest BCUT2D eigenvalue weighted by Gasteiger charge is 2.33. The van der Waals surface area contributed by atoms with Crippen LogP contribution in [0, 0.1) is 11.3 Å². The topological polar surface area (TPSA) is 69.0 Å². The maximum atomic E-state index is 13.1. The molecule has 0 unspecified atom stereocenters. The lowest BCUT2D eigenvalue weighted by Crippen LogP contribution is -2.34. The van der Waals surface area contributed by atoms with Crippen molar-refractivity contribution in [3.63, 3.8) is 0 Å². The quantitative estimate of drug-likeness (QED) is 0.598. The summed E-state index contributed by atoms with van der Waals surface area (Å²) in [6, 6.07) is 13.3. The molecular formula is C21H16ClF3N4O. The van der Waals surface area contributed by atoms with Crippen molar-refractivity contribution in [2.24, 2.45) is 0 Å². The molecule has 0 bridgehead atoms. The first kappa shape index (κ1) is 21.4. The van der Waals surface area contributed by atoms with Crippen molar-refractivity contribution in [3.05, 3.63) is 64.7 Å². The number of fused-ring (bicyclic) bond motifs is 1. The summed E-state index contributed by atoms with van der Waals surface area (Å²) in [5.41, 5.74) is -0.382. The third-order valence-corrected chi connectivity index (χ3v) is 4.66. The monoisotopic (exact) mass is 432 g/mol. The molecule has 0 saturated carbocycles. The van der Waals surface area contributed by atoms with Gasteiger partial charge in [-0.15, -0.1) is 0 Å². The molecular weight excluding hydrogens is 417 g/mol. The lowest BCUT2D eigenvalue weighted by molar-refractivity contribution is -0.137. The molecule has 3 aromatic rings. The minimum Gasteiger partial charge on any atom is -0.348 e. The molecule has 9 heteroatoms. The first-order chi connectivity index (χ1) is 14.2. The van der Waals surface area contributed by atoms with Crippen LogP contribution >= 0.6 is 11.6 Å². The van der Waals surface area contributed by atoms with Crippen LogP contribution in [0.15, 0.2) is 48.5 Å². The number of benzene rings is 2. The van der Waals surface area contributed by atoms with Gasteiger partial charge in [0, 0.05) is 17.0 Å². The largest absolute Gasteiger partial charge is 0.418 e. The van der Waals surface area contributed by atoms with Crippen LogP contribution in [0.1, 0.15) is 18.1 Å². The Hall–Kier alpha value is -3.31. The van der Waals surface area contributed by atoms with E-state index in [1.807, 2.05) is 0 Å². The van der Waals surface area contributed by atoms with Crippen LogP contribution in [0.4, 0.5) is 24.7 Å². The number of nitriles is 1. The summed E-state index contributed by atoms with van der Waals surface area (Å²) in [7, 11) is 0. The predicted octanol–water partition coefficient (Wildman–Crippen LogP) is 5.24. The SMILES string of the molecule is CCN(CC(=O)Nc1ccccc1C(F)(F)F)c1cc(C#N)c2cc(Cl)ccc2n1. The molecule has 0 aliphatic rings. The van der Waals surface area contributed by atoms with E-state index in [0.717, 1.165) is 6.07 Å². The van der Waals surface area contributed by atoms with Gasteiger partial charge < -0.3 is 10.2 Å². The molecule has 1 heterocycles. The van der Waals surface area contributed by atoms with E-state index in [9.17, 15) is 23.2 Å². The van der Waals surface area contributed by atoms with E-state index in [1.54, 1.807) is 30.0 Å². The van der Waals surface area contributed by atoms with Gasteiger partial charge in [0.15, 0.2) is 0 Å². The highest BCUT2D eigenvalue weighted by atomic mass is 35.5. The number of rotatable bonds is 5. The molecule has 0 radical (unpaired) electrons. The van der Waals surface area contributed by atoms with E-state index in [0.29, 0.717) is 33.9 Å². The number of nitrogens with zero attached hydrogens (tertiary/aromatic N) is 3. The van der Waals surface area contributed by atoms with Gasteiger partial charge in [-0.05, 0) is 43.3 Å². The van der Waals surface area contributed by atoms with Gasteiger partial charge in [-0.1, -0.05) is 23.7 Å². The highest BCUT2D eigenvalue weighted by Crippen LogP contribution is 2.34. The number of anilines is 2. The van der Waals surface area contributed by atoms with Crippen molar-refractivity contribution in [1.29, 1.82) is 5.26 Å². The Kier molecular flexibility index (Phi) is 6.13. The molecule has 1 aromatic heterocycles. The second kappa shape index (κ2) is 8.59. The van der Waals surface area contributed by atoms with Gasteiger partial charge in [0.1, 0.15) is 5.82 Å². The summed E-state index contributed by atoms with van der Waals surface area (Å²) in [6.45, 7) is 1.89. The average molecular weight is 433 g/mol. The zero-order valence-electron chi connectivity index (χ0n) is 15.8. The van der Waals surface area contributed by atoms with Crippen LogP contribution in [0.3, 0.4) is 0 Å². The molecule has 0 spiro atoms. The molecule has 154 valence electrons. The second-order valence-electron chi connectivity index (χ2n) is 6.41. The zero-order valence-corrected chi connectivity index (χ0v) is 16.6. The van der Waals surface area contributed by atoms with Gasteiger partial charge in [0.25, 0.3) is 0 Å². The molecule has 5 nitrogen and oxygen atoms in total. The summed E-state index contributed by atoms with van der Waals surface area (Å²) in [4.78, 5) is 18.5. The molecule has 30 heavy (non-hydrogen) atoms. The highest BCUT2D eigenvalue weighted by molar-refractivity contribution is 6.31. The number of likely N-dealkylation sites (N-methyl/N-ethyl adjacent to an activating group) is 1. The Morgan fingerprint density at radius 2 is 1.97 bits per heavy atom. The zero-order chi connectivity index (χ0) is 21.9. The number of hydrogen-bond donors (Lipinski definition) is 1. The number of halogens is 4. The van der Waals surface area contributed by atoms with Gasteiger partial charge in [-0.3, -0.25) is 4.79 Å². The van der Waals surface area contributed by atoms with Gasteiger partial charge in [-0.2, -0.15) is 18.4 Å². The molecule has 0 fully saturated rings. The van der Waals surface area contributed by atoms with Crippen LogP contribution < -0.4 is 10.2 Å². The van der Waals surface area contributed by atoms with Crippen LogP contribution in [-0.4, -0.2) is 24.0 Å². The minimum absolute atomic E-state index is 0.236. The molecule has 0 aliphatic carbocycles. The van der Waals surface area contributed by atoms with Crippen LogP contribution in [0.25, 0.3) is 10.9 Å². The molecule has 0 saturated heterocycles. The molecule has 1 amide bonds. The first-order valence-corrected chi connectivity index (χ1v) is 9.32. The van der Waals surface area contributed by atoms with Crippen molar-refractivity contribution < 1.29 is 18.0 Å². The molecule has 0 atom stereocenters. The number of aromatic nitrogens is 1. The van der Waals surface area contributed by atoms with E-state index < -0.39 is 17.6 Å². The Labute approximate surface area is 175 Å². The average Bonchev–Trinajstić information content (AvgIpc) is 2.70. The van der Waals surface area contributed by atoms with Crippen LogP contribution in [-0.2, 0) is 11.0 Å². The number of hydrogen-bond acceptors (Lipinski definition) is 4. The Morgan fingerprint density at radius 1 is 1.23 bits per heavy atom. The number of para-hydroxylation sites is 1. The number of alkyl halides is 3. The van der Waals surface area contributed by atoms with E-state index in [2.05, 4.69) is 16.4 Å². The normalized spacial score (nSPS) is 11.2. The number of pyridine rings is 1. The van der Waals surface area contributed by atoms with Crippen molar-refractivity contribution in [1.82, 2.24) is 4.98 Å². The number of carbonyl (C=O) groups is 1. The summed E-state index contributed by atoms with van der Waals surface area (Å²) in [6.07, 6.45) is -4.59. The standard InChI is InChI=1S/C21H16ClF3N4O/c1-2-29(12-20(30)28-18-6-4-3-5-16(18)21(23,24)25)19-9-13(11-26)15-10-14(22)7-8-17(15)27-19/h3-10H,2,12H2,1H3,(H,28,30). The third kappa shape index (κ3) is 4.63. The molecule has 0 aliphatic heterocycles. The Morgan fingerprint density at radius 3 is 2.63 bits per heavy atom. The molecule has 1 N–H and O–H groups in total. The summed E-state index contributed by atoms with van der Waals surface area (Å²) >= 11 is 5.99. The van der Waals surface area contributed by atoms with E-state index in [1.165, 1.54) is 24.3 Å². The minimum atomic E-state index is -4.59. The smallest absolute Gasteiger partial charge is 0.348 e. The van der Waals surface area contributed by atoms with E-state index >= 15 is 0 Å². The van der Waals surface area contributed by atoms with Crippen LogP contribution in [0.2, 0.25) is 5.02 Å². The van der Waals surface area contributed by atoms with Gasteiger partial charge in [-0.25, -0.2) is 4.98 Å². The lowest BCUT2D eigenvalue weighted by Gasteiger charge is -2.22. The predicted molar refractivity (Wildman–Crippen MR) is 109 cm³/mol. The maximum Gasteiger partial charge on any atom is 0.418 e. The Balaban J connectivity index is 1.87. The van der Waals surface area contributed by atoms with E-state index in [-0.39, 0.29) is 12.2 Å². The van der Waals surface area contributed by atoms with Gasteiger partial charge in [0.2, 0.25) is 5.91 Å². The fraction of sp³-hybridized carbons (Fsp3) is 0.190. The van der Waals surface area contributed by atoms with Crippen molar-refractivity contribution in [3.8, 4) is 6.07 Å². The van der Waals surface area contributed by atoms with Crippen molar-refractivity contribution >= 4 is 39.9 Å². The summed E-state index contributed by atoms with van der Waals surface area (Å²) < 4.78 is 39.4. The second-order valence-corrected chi connectivity index (χ2v) is 6.84. The fourth-order valence-corrected chi connectivity index (χ4v) is 3.17. The summed E-state index contributed by atoms with van der Waals surface area (Å²) in [5, 5.41) is 12.8. The molecule has 3 rings (SSSR count). The summed E-state index contributed by atoms with van der Waals surface area (Å²) in [5.74, 6) is -0.270. The van der Waals surface area contributed by atoms with Crippen LogP contribution in [0.5, 0.6) is 0 Å². The van der Waals surface area contributed by atoms with Gasteiger partial charge in [0.05, 0.1) is 34.9 Å². The number of carbonyl (C=O) groups excluding carboxylic acids is 1. The fourth-order valence-electron chi connectivity index (χ4n) is 3.00. The van der Waals surface area contributed by atoms with E-state index in [4.69, 9.17) is 11.6 Å². The van der Waals surface area contributed by atoms with Crippen molar-refractivity contribution in [2.75, 3.05) is 23.3 Å². The first-order valence-electron chi connectivity index (χ1n) is 8.94. The lowest BCUT2D eigenvalue weighted by atomic mass is 10.1. The Bertz CT molecular complexity index is 1140. The number of amides is 1. The maximum absolute atomic E-state index is 13.1. The van der Waals surface area contributed by atoms with Crippen molar-refractivity contribution in [2.45, 2.75) is 13.1 Å². The third-order valence-electron chi connectivity index (χ3n) is 4.42. The molecule has 2 aromatic carbocycles.